The molecule has 80 valence electrons. The van der Waals surface area contributed by atoms with Crippen LogP contribution in [0.1, 0.15) is 32.1 Å². The highest BCUT2D eigenvalue weighted by atomic mass is 15.2. The SMILES string of the molecule is C1CC2CC(C1)CN(CC1CCN1)C2. The Bertz CT molecular complexity index is 186. The molecular formula is C12H22N2. The summed E-state index contributed by atoms with van der Waals surface area (Å²) in [5, 5.41) is 3.52. The Labute approximate surface area is 87.0 Å². The number of nitrogens with one attached hydrogen (secondary N) is 1. The second kappa shape index (κ2) is 3.82. The lowest BCUT2D eigenvalue weighted by Gasteiger charge is -2.43. The summed E-state index contributed by atoms with van der Waals surface area (Å²) in [5.74, 6) is 2.09. The first-order valence-corrected chi connectivity index (χ1v) is 6.36. The standard InChI is InChI=1S/C12H22N2/c1-2-10-6-11(3-1)8-14(7-10)9-12-4-5-13-12/h10-13H,1-9H2. The van der Waals surface area contributed by atoms with Crippen molar-refractivity contribution < 1.29 is 0 Å². The van der Waals surface area contributed by atoms with E-state index in [1.54, 1.807) is 0 Å². The monoisotopic (exact) mass is 194 g/mol. The van der Waals surface area contributed by atoms with Crippen molar-refractivity contribution in [2.45, 2.75) is 38.1 Å². The zero-order valence-electron chi connectivity index (χ0n) is 9.04. The van der Waals surface area contributed by atoms with Crippen LogP contribution in [0.4, 0.5) is 0 Å². The van der Waals surface area contributed by atoms with Crippen molar-refractivity contribution in [3.8, 4) is 0 Å². The molecule has 0 aromatic carbocycles. The molecule has 3 atom stereocenters. The van der Waals surface area contributed by atoms with Gasteiger partial charge in [0.2, 0.25) is 0 Å². The summed E-state index contributed by atoms with van der Waals surface area (Å²) in [6.45, 7) is 5.38. The maximum Gasteiger partial charge on any atom is 0.0207 e. The van der Waals surface area contributed by atoms with Crippen molar-refractivity contribution >= 4 is 0 Å². The van der Waals surface area contributed by atoms with Crippen LogP contribution in [-0.4, -0.2) is 37.1 Å². The van der Waals surface area contributed by atoms with Gasteiger partial charge < -0.3 is 10.2 Å². The van der Waals surface area contributed by atoms with Crippen molar-refractivity contribution in [2.24, 2.45) is 11.8 Å². The van der Waals surface area contributed by atoms with E-state index in [1.807, 2.05) is 0 Å². The average Bonchev–Trinajstić information content (AvgIpc) is 2.11. The molecule has 0 aromatic rings. The van der Waals surface area contributed by atoms with Crippen LogP contribution in [-0.2, 0) is 0 Å². The van der Waals surface area contributed by atoms with Gasteiger partial charge in [0.25, 0.3) is 0 Å². The highest BCUT2D eigenvalue weighted by Gasteiger charge is 2.31. The molecule has 3 rings (SSSR count). The van der Waals surface area contributed by atoms with Gasteiger partial charge in [0.05, 0.1) is 0 Å². The third kappa shape index (κ3) is 1.82. The van der Waals surface area contributed by atoms with Crippen LogP contribution in [0.2, 0.25) is 0 Å². The molecule has 1 N–H and O–H groups in total. The molecule has 1 saturated carbocycles. The van der Waals surface area contributed by atoms with Gasteiger partial charge in [0, 0.05) is 25.7 Å². The van der Waals surface area contributed by atoms with E-state index in [0.717, 1.165) is 17.9 Å². The fourth-order valence-electron chi connectivity index (χ4n) is 3.50. The predicted molar refractivity (Wildman–Crippen MR) is 58.3 cm³/mol. The second-order valence-electron chi connectivity index (χ2n) is 5.56. The molecule has 3 unspecified atom stereocenters. The lowest BCUT2D eigenvalue weighted by Crippen LogP contribution is -2.53. The summed E-state index contributed by atoms with van der Waals surface area (Å²) >= 11 is 0. The lowest BCUT2D eigenvalue weighted by molar-refractivity contribution is 0.0712. The van der Waals surface area contributed by atoms with E-state index in [9.17, 15) is 0 Å². The maximum absolute atomic E-state index is 3.52. The van der Waals surface area contributed by atoms with Crippen LogP contribution in [0.15, 0.2) is 0 Å². The largest absolute Gasteiger partial charge is 0.313 e. The van der Waals surface area contributed by atoms with Gasteiger partial charge in [-0.3, -0.25) is 0 Å². The second-order valence-corrected chi connectivity index (χ2v) is 5.56. The van der Waals surface area contributed by atoms with Crippen LogP contribution in [0, 0.1) is 11.8 Å². The molecule has 2 bridgehead atoms. The molecule has 0 amide bonds. The molecule has 0 spiro atoms. The Morgan fingerprint density at radius 2 is 1.79 bits per heavy atom. The number of hydrogen-bond donors (Lipinski definition) is 1. The third-order valence-electron chi connectivity index (χ3n) is 4.33. The van der Waals surface area contributed by atoms with Crippen LogP contribution >= 0.6 is 0 Å². The number of hydrogen-bond acceptors (Lipinski definition) is 2. The summed E-state index contributed by atoms with van der Waals surface area (Å²) in [5.41, 5.74) is 0. The molecule has 3 fully saturated rings. The van der Waals surface area contributed by atoms with Crippen molar-refractivity contribution in [3.63, 3.8) is 0 Å². The molecule has 0 aromatic heterocycles. The maximum atomic E-state index is 3.52. The molecule has 2 aliphatic heterocycles. The van der Waals surface area contributed by atoms with Gasteiger partial charge in [-0.25, -0.2) is 0 Å². The normalized spacial score (nSPS) is 43.3. The Morgan fingerprint density at radius 1 is 1.07 bits per heavy atom. The van der Waals surface area contributed by atoms with Gasteiger partial charge >= 0.3 is 0 Å². The van der Waals surface area contributed by atoms with Crippen molar-refractivity contribution in [1.82, 2.24) is 10.2 Å². The van der Waals surface area contributed by atoms with Crippen LogP contribution in [0.3, 0.4) is 0 Å². The number of piperidine rings is 1. The Morgan fingerprint density at radius 3 is 2.36 bits per heavy atom. The molecule has 2 heteroatoms. The molecule has 14 heavy (non-hydrogen) atoms. The number of nitrogens with zero attached hydrogens (tertiary/aromatic N) is 1. The summed E-state index contributed by atoms with van der Waals surface area (Å²) < 4.78 is 0. The molecule has 2 heterocycles. The fourth-order valence-corrected chi connectivity index (χ4v) is 3.50. The minimum atomic E-state index is 0.828. The average molecular weight is 194 g/mol. The topological polar surface area (TPSA) is 15.3 Å². The highest BCUT2D eigenvalue weighted by molar-refractivity contribution is 4.87. The van der Waals surface area contributed by atoms with Crippen molar-refractivity contribution in [2.75, 3.05) is 26.2 Å². The molecular weight excluding hydrogens is 172 g/mol. The van der Waals surface area contributed by atoms with Gasteiger partial charge in [0.15, 0.2) is 0 Å². The van der Waals surface area contributed by atoms with Gasteiger partial charge in [-0.1, -0.05) is 6.42 Å². The number of fused-ring (bicyclic) bond motifs is 2. The summed E-state index contributed by atoms with van der Waals surface area (Å²) in [4.78, 5) is 2.73. The van der Waals surface area contributed by atoms with Crippen LogP contribution in [0.5, 0.6) is 0 Å². The zero-order valence-corrected chi connectivity index (χ0v) is 9.04. The fraction of sp³-hybridized carbons (Fsp3) is 1.00. The van der Waals surface area contributed by atoms with Crippen molar-refractivity contribution in [1.29, 1.82) is 0 Å². The predicted octanol–water partition coefficient (Wildman–Crippen LogP) is 1.47. The van der Waals surface area contributed by atoms with E-state index >= 15 is 0 Å². The first-order valence-electron chi connectivity index (χ1n) is 6.36. The molecule has 0 radical (unpaired) electrons. The van der Waals surface area contributed by atoms with Crippen LogP contribution < -0.4 is 5.32 Å². The van der Waals surface area contributed by atoms with E-state index in [4.69, 9.17) is 0 Å². The highest BCUT2D eigenvalue weighted by Crippen LogP contribution is 2.34. The van der Waals surface area contributed by atoms with Gasteiger partial charge in [-0.2, -0.15) is 0 Å². The Kier molecular flexibility index (Phi) is 2.50. The van der Waals surface area contributed by atoms with E-state index in [0.29, 0.717) is 0 Å². The molecule has 2 nitrogen and oxygen atoms in total. The molecule has 3 aliphatic rings. The number of likely N-dealkylation sites (tertiary alicyclic amines) is 1. The minimum Gasteiger partial charge on any atom is -0.313 e. The number of rotatable bonds is 2. The first kappa shape index (κ1) is 9.17. The minimum absolute atomic E-state index is 0.828. The van der Waals surface area contributed by atoms with Gasteiger partial charge in [-0.15, -0.1) is 0 Å². The van der Waals surface area contributed by atoms with Gasteiger partial charge in [0.1, 0.15) is 0 Å². The summed E-state index contributed by atoms with van der Waals surface area (Å²) in [6.07, 6.45) is 7.46. The Hall–Kier alpha value is -0.0800. The zero-order chi connectivity index (χ0) is 9.38. The summed E-state index contributed by atoms with van der Waals surface area (Å²) in [7, 11) is 0. The smallest absolute Gasteiger partial charge is 0.0207 e. The first-order chi connectivity index (χ1) is 6.90. The van der Waals surface area contributed by atoms with E-state index in [-0.39, 0.29) is 0 Å². The van der Waals surface area contributed by atoms with Gasteiger partial charge in [-0.05, 0) is 44.1 Å². The van der Waals surface area contributed by atoms with E-state index in [2.05, 4.69) is 10.2 Å². The Balaban J connectivity index is 1.54. The quantitative estimate of drug-likeness (QED) is 0.716. The lowest BCUT2D eigenvalue weighted by atomic mass is 9.78. The van der Waals surface area contributed by atoms with E-state index in [1.165, 1.54) is 58.3 Å². The van der Waals surface area contributed by atoms with Crippen LogP contribution in [0.25, 0.3) is 0 Å². The molecule has 2 saturated heterocycles. The molecule has 1 aliphatic carbocycles. The van der Waals surface area contributed by atoms with E-state index < -0.39 is 0 Å². The summed E-state index contributed by atoms with van der Waals surface area (Å²) in [6, 6.07) is 0.828. The third-order valence-corrected chi connectivity index (χ3v) is 4.33. The van der Waals surface area contributed by atoms with Crippen molar-refractivity contribution in [3.05, 3.63) is 0 Å².